The number of hydrogen-bond donors (Lipinski definition) is 1. The van der Waals surface area contributed by atoms with E-state index in [1.807, 2.05) is 91.2 Å². The molecule has 1 aromatic heterocycles. The van der Waals surface area contributed by atoms with E-state index in [2.05, 4.69) is 15.1 Å². The van der Waals surface area contributed by atoms with Crippen molar-refractivity contribution in [3.63, 3.8) is 0 Å². The number of aromatic nitrogens is 1. The molecule has 0 bridgehead atoms. The van der Waals surface area contributed by atoms with Crippen LogP contribution in [0.3, 0.4) is 0 Å². The van der Waals surface area contributed by atoms with E-state index in [-0.39, 0.29) is 53.6 Å². The number of nitrogens with zero attached hydrogens (tertiary/aromatic N) is 5. The van der Waals surface area contributed by atoms with Crippen molar-refractivity contribution < 1.29 is 27.6 Å². The second kappa shape index (κ2) is 22.4. The summed E-state index contributed by atoms with van der Waals surface area (Å²) in [6.45, 7) is 16.0. The van der Waals surface area contributed by atoms with Gasteiger partial charge in [0.25, 0.3) is 0 Å². The zero-order valence-corrected chi connectivity index (χ0v) is 44.2. The quantitative estimate of drug-likeness (QED) is 0.148. The van der Waals surface area contributed by atoms with Crippen molar-refractivity contribution in [3.8, 4) is 0 Å². The number of likely N-dealkylation sites (tertiary alicyclic amines) is 3. The first-order chi connectivity index (χ1) is 33.4. The van der Waals surface area contributed by atoms with Crippen LogP contribution in [-0.4, -0.2) is 115 Å². The van der Waals surface area contributed by atoms with E-state index in [0.29, 0.717) is 60.2 Å². The Labute approximate surface area is 426 Å². The number of nitrogens with one attached hydrogen (secondary N) is 1. The standard InChI is InChI=1S/C55H74Cl2N6O6S/c1-36(2)48(35-70(68,69)37(3)4)63-52(41-9-12-44(56)13-10-41)47(42-7-6-8-45(57)30-42)31-55(5,54(63)67)32-51(65)62-27-19-39(20-28-62)29-38-17-23-60(24-18-38)34-40-21-25-61(26-22-40)49-15-11-43(33-58-49)46-14-16-50(64)59-53(46)66/h6-13,15,30,33,36-40,46-48,52H,14,16-29,31-32,34-35H2,1-5H3,(H,59,64,66)/t46?,47-,48-,52-,55-/m1/s1. The molecule has 1 N–H and O–H groups in total. The number of pyridine rings is 1. The van der Waals surface area contributed by atoms with E-state index < -0.39 is 32.6 Å². The Kier molecular flexibility index (Phi) is 16.7. The third-order valence-electron chi connectivity index (χ3n) is 16.6. The van der Waals surface area contributed by atoms with Crippen molar-refractivity contribution in [1.29, 1.82) is 0 Å². The zero-order chi connectivity index (χ0) is 49.9. The van der Waals surface area contributed by atoms with Gasteiger partial charge in [-0.25, -0.2) is 13.4 Å². The molecule has 4 amide bonds. The average molecular weight is 1020 g/mol. The summed E-state index contributed by atoms with van der Waals surface area (Å²) in [4.78, 5) is 67.4. The van der Waals surface area contributed by atoms with Crippen LogP contribution in [0.25, 0.3) is 0 Å². The lowest BCUT2D eigenvalue weighted by Crippen LogP contribution is -2.59. The Hall–Kier alpha value is -4.04. The lowest BCUT2D eigenvalue weighted by atomic mass is 9.66. The fourth-order valence-electron chi connectivity index (χ4n) is 12.2. The van der Waals surface area contributed by atoms with Gasteiger partial charge in [-0.2, -0.15) is 0 Å². The van der Waals surface area contributed by atoms with Crippen molar-refractivity contribution in [2.24, 2.45) is 29.1 Å². The molecule has 3 aromatic rings. The molecule has 2 aromatic carbocycles. The molecule has 12 nitrogen and oxygen atoms in total. The minimum absolute atomic E-state index is 0.0157. The van der Waals surface area contributed by atoms with Gasteiger partial charge in [0, 0.05) is 73.8 Å². The molecule has 380 valence electrons. The van der Waals surface area contributed by atoms with E-state index in [1.165, 1.54) is 19.3 Å². The van der Waals surface area contributed by atoms with Crippen molar-refractivity contribution in [1.82, 2.24) is 25.0 Å². The zero-order valence-electron chi connectivity index (χ0n) is 41.8. The van der Waals surface area contributed by atoms with Crippen LogP contribution in [0.4, 0.5) is 5.82 Å². The summed E-state index contributed by atoms with van der Waals surface area (Å²) < 4.78 is 27.4. The first-order valence-electron chi connectivity index (χ1n) is 26.0. The molecule has 5 atom stereocenters. The summed E-state index contributed by atoms with van der Waals surface area (Å²) in [5, 5.41) is 2.98. The molecule has 0 radical (unpaired) electrons. The summed E-state index contributed by atoms with van der Waals surface area (Å²) in [6.07, 6.45) is 10.9. The number of carbonyl (C=O) groups excluding carboxylic acids is 4. The Balaban J connectivity index is 0.847. The average Bonchev–Trinajstić information content (AvgIpc) is 3.33. The molecule has 5 saturated heterocycles. The molecule has 5 aliphatic rings. The van der Waals surface area contributed by atoms with Gasteiger partial charge in [0.1, 0.15) is 5.82 Å². The molecule has 0 aliphatic carbocycles. The highest BCUT2D eigenvalue weighted by Crippen LogP contribution is 2.53. The number of halogens is 2. The van der Waals surface area contributed by atoms with Crippen LogP contribution in [-0.2, 0) is 29.0 Å². The first-order valence-corrected chi connectivity index (χ1v) is 28.4. The van der Waals surface area contributed by atoms with Crippen LogP contribution in [0.1, 0.15) is 140 Å². The maximum Gasteiger partial charge on any atom is 0.234 e. The van der Waals surface area contributed by atoms with Gasteiger partial charge in [-0.15, -0.1) is 0 Å². The van der Waals surface area contributed by atoms with E-state index in [1.54, 1.807) is 20.0 Å². The fraction of sp³-hybridized carbons (Fsp3) is 0.618. The number of anilines is 1. The van der Waals surface area contributed by atoms with E-state index >= 15 is 4.79 Å². The third-order valence-corrected chi connectivity index (χ3v) is 19.3. The minimum atomic E-state index is -3.56. The molecule has 8 rings (SSSR count). The maximum absolute atomic E-state index is 15.4. The lowest BCUT2D eigenvalue weighted by Gasteiger charge is -2.53. The monoisotopic (exact) mass is 1020 g/mol. The number of carbonyl (C=O) groups is 4. The van der Waals surface area contributed by atoms with Crippen molar-refractivity contribution in [3.05, 3.63) is 93.6 Å². The molecule has 6 heterocycles. The predicted molar refractivity (Wildman–Crippen MR) is 278 cm³/mol. The number of rotatable bonds is 15. The van der Waals surface area contributed by atoms with E-state index in [4.69, 9.17) is 28.2 Å². The van der Waals surface area contributed by atoms with Crippen molar-refractivity contribution in [2.45, 2.75) is 134 Å². The number of sulfone groups is 1. The topological polar surface area (TPSA) is 140 Å². The summed E-state index contributed by atoms with van der Waals surface area (Å²) >= 11 is 13.0. The summed E-state index contributed by atoms with van der Waals surface area (Å²) in [5.41, 5.74) is 1.58. The highest BCUT2D eigenvalue weighted by molar-refractivity contribution is 7.92. The van der Waals surface area contributed by atoms with E-state index in [9.17, 15) is 22.8 Å². The number of piperidine rings is 5. The van der Waals surface area contributed by atoms with Gasteiger partial charge >= 0.3 is 0 Å². The van der Waals surface area contributed by atoms with Gasteiger partial charge in [-0.1, -0.05) is 74.3 Å². The Morgan fingerprint density at radius 2 is 1.43 bits per heavy atom. The van der Waals surface area contributed by atoms with Gasteiger partial charge in [0.05, 0.1) is 28.4 Å². The van der Waals surface area contributed by atoms with Crippen molar-refractivity contribution >= 4 is 62.5 Å². The fourth-order valence-corrected chi connectivity index (χ4v) is 13.9. The molecule has 15 heteroatoms. The first kappa shape index (κ1) is 52.3. The Morgan fingerprint density at radius 3 is 2.03 bits per heavy atom. The van der Waals surface area contributed by atoms with Crippen LogP contribution in [0, 0.1) is 29.1 Å². The second-order valence-corrected chi connectivity index (χ2v) is 25.7. The largest absolute Gasteiger partial charge is 0.357 e. The normalized spacial score (nSPS) is 25.5. The smallest absolute Gasteiger partial charge is 0.234 e. The summed E-state index contributed by atoms with van der Waals surface area (Å²) in [5.74, 6) is 1.29. The third kappa shape index (κ3) is 12.2. The minimum Gasteiger partial charge on any atom is -0.357 e. The summed E-state index contributed by atoms with van der Waals surface area (Å²) in [7, 11) is -3.56. The van der Waals surface area contributed by atoms with Crippen LogP contribution < -0.4 is 10.2 Å². The molecule has 5 aliphatic heterocycles. The predicted octanol–water partition coefficient (Wildman–Crippen LogP) is 9.47. The van der Waals surface area contributed by atoms with Crippen LogP contribution in [0.2, 0.25) is 10.0 Å². The number of imide groups is 1. The number of benzene rings is 2. The van der Waals surface area contributed by atoms with Gasteiger partial charge in [-0.3, -0.25) is 24.5 Å². The Bertz CT molecular complexity index is 2430. The van der Waals surface area contributed by atoms with Crippen LogP contribution in [0.5, 0.6) is 0 Å². The molecule has 0 saturated carbocycles. The van der Waals surface area contributed by atoms with Gasteiger partial charge < -0.3 is 19.6 Å². The highest BCUT2D eigenvalue weighted by Gasteiger charge is 2.54. The highest BCUT2D eigenvalue weighted by atomic mass is 35.5. The van der Waals surface area contributed by atoms with Crippen LogP contribution >= 0.6 is 23.2 Å². The molecule has 0 spiro atoms. The van der Waals surface area contributed by atoms with Crippen molar-refractivity contribution in [2.75, 3.05) is 56.5 Å². The van der Waals surface area contributed by atoms with Gasteiger partial charge in [0.2, 0.25) is 23.6 Å². The lowest BCUT2D eigenvalue weighted by molar-refractivity contribution is -0.159. The SMILES string of the molecule is CC(C)[C@@H](CS(=O)(=O)C(C)C)N1C(=O)[C@@](C)(CC(=O)N2CCC(CC3CCN(CC4CCN(c5ccc(C6CCC(=O)NC6=O)cn5)CC4)CC3)CC2)C[C@H](c2cccc(Cl)c2)[C@H]1c1ccc(Cl)cc1. The molecule has 5 fully saturated rings. The number of amides is 4. The second-order valence-electron chi connectivity index (χ2n) is 22.2. The summed E-state index contributed by atoms with van der Waals surface area (Å²) in [6, 6.07) is 18.1. The van der Waals surface area contributed by atoms with Gasteiger partial charge in [-0.05, 0) is 155 Å². The number of hydrogen-bond acceptors (Lipinski definition) is 9. The Morgan fingerprint density at radius 1 is 0.786 bits per heavy atom. The van der Waals surface area contributed by atoms with Crippen LogP contribution in [0.15, 0.2) is 66.9 Å². The van der Waals surface area contributed by atoms with E-state index in [0.717, 1.165) is 80.9 Å². The maximum atomic E-state index is 15.4. The molecular formula is C55H74Cl2N6O6S. The molecule has 1 unspecified atom stereocenters. The molecular weight excluding hydrogens is 944 g/mol. The van der Waals surface area contributed by atoms with Gasteiger partial charge in [0.15, 0.2) is 9.84 Å². The molecule has 70 heavy (non-hydrogen) atoms.